The van der Waals surface area contributed by atoms with Crippen LogP contribution < -0.4 is 10.1 Å². The first-order chi connectivity index (χ1) is 11.8. The van der Waals surface area contributed by atoms with E-state index < -0.39 is 30.1 Å². The normalized spacial score (nSPS) is 10.2. The van der Waals surface area contributed by atoms with Crippen molar-refractivity contribution in [1.82, 2.24) is 0 Å². The summed E-state index contributed by atoms with van der Waals surface area (Å²) in [6.45, 7) is 2.77. The van der Waals surface area contributed by atoms with E-state index in [1.54, 1.807) is 6.07 Å². The van der Waals surface area contributed by atoms with Gasteiger partial charge in [-0.1, -0.05) is 12.1 Å². The fraction of sp³-hybridized carbons (Fsp3) is 0.222. The number of amides is 1. The van der Waals surface area contributed by atoms with Crippen molar-refractivity contribution in [3.05, 3.63) is 59.2 Å². The molecule has 0 aliphatic carbocycles. The lowest BCUT2D eigenvalue weighted by atomic mass is 10.1. The number of esters is 1. The quantitative estimate of drug-likeness (QED) is 0.814. The summed E-state index contributed by atoms with van der Waals surface area (Å²) >= 11 is 0. The molecule has 0 saturated carbocycles. The second kappa shape index (κ2) is 8.23. The van der Waals surface area contributed by atoms with Crippen molar-refractivity contribution in [2.45, 2.75) is 13.8 Å². The van der Waals surface area contributed by atoms with Gasteiger partial charge in [0.1, 0.15) is 17.4 Å². The second-order valence-corrected chi connectivity index (χ2v) is 5.39. The average molecular weight is 349 g/mol. The first kappa shape index (κ1) is 18.4. The summed E-state index contributed by atoms with van der Waals surface area (Å²) in [7, 11) is 0. The summed E-state index contributed by atoms with van der Waals surface area (Å²) < 4.78 is 36.3. The largest absolute Gasteiger partial charge is 0.482 e. The van der Waals surface area contributed by atoms with Crippen molar-refractivity contribution < 1.29 is 27.8 Å². The minimum atomic E-state index is -0.919. The van der Waals surface area contributed by atoms with Crippen LogP contribution in [0.15, 0.2) is 36.4 Å². The first-order valence-electron chi connectivity index (χ1n) is 7.45. The van der Waals surface area contributed by atoms with Crippen LogP contribution >= 0.6 is 0 Å². The van der Waals surface area contributed by atoms with Gasteiger partial charge in [-0.2, -0.15) is 0 Å². The topological polar surface area (TPSA) is 64.6 Å². The van der Waals surface area contributed by atoms with Crippen molar-refractivity contribution in [3.8, 4) is 5.75 Å². The third-order valence-electron chi connectivity index (χ3n) is 3.26. The molecule has 2 rings (SSSR count). The Morgan fingerprint density at radius 2 is 1.80 bits per heavy atom. The molecule has 0 atom stereocenters. The molecule has 0 radical (unpaired) electrons. The Morgan fingerprint density at radius 1 is 1.04 bits per heavy atom. The van der Waals surface area contributed by atoms with E-state index in [1.807, 2.05) is 26.0 Å². The Labute approximate surface area is 143 Å². The zero-order valence-corrected chi connectivity index (χ0v) is 13.8. The molecule has 2 aromatic carbocycles. The Kier molecular flexibility index (Phi) is 6.05. The monoisotopic (exact) mass is 349 g/mol. The molecule has 5 nitrogen and oxygen atoms in total. The number of nitrogens with one attached hydrogen (secondary N) is 1. The van der Waals surface area contributed by atoms with Gasteiger partial charge in [-0.3, -0.25) is 4.79 Å². The summed E-state index contributed by atoms with van der Waals surface area (Å²) in [6, 6.07) is 8.28. The molecular formula is C18H17F2NO4. The summed E-state index contributed by atoms with van der Waals surface area (Å²) in [5.74, 6) is -2.61. The van der Waals surface area contributed by atoms with Crippen LogP contribution in [0.25, 0.3) is 0 Å². The molecule has 0 fully saturated rings. The van der Waals surface area contributed by atoms with Gasteiger partial charge in [0.25, 0.3) is 5.91 Å². The Hall–Kier alpha value is -2.96. The minimum absolute atomic E-state index is 0.200. The van der Waals surface area contributed by atoms with E-state index in [0.29, 0.717) is 11.8 Å². The minimum Gasteiger partial charge on any atom is -0.482 e. The van der Waals surface area contributed by atoms with E-state index in [9.17, 15) is 18.4 Å². The van der Waals surface area contributed by atoms with Crippen molar-refractivity contribution in [3.63, 3.8) is 0 Å². The number of anilines is 1. The van der Waals surface area contributed by atoms with Crippen LogP contribution in [0, 0.1) is 25.5 Å². The molecule has 132 valence electrons. The SMILES string of the molecule is Cc1ccc(C)c(OCC(=O)OCC(=O)Nc2ccc(F)cc2F)c1. The summed E-state index contributed by atoms with van der Waals surface area (Å²) in [6.07, 6.45) is 0. The Morgan fingerprint density at radius 3 is 2.52 bits per heavy atom. The van der Waals surface area contributed by atoms with Gasteiger partial charge < -0.3 is 14.8 Å². The average Bonchev–Trinajstić information content (AvgIpc) is 2.56. The van der Waals surface area contributed by atoms with Crippen molar-refractivity contribution in [2.24, 2.45) is 0 Å². The number of rotatable bonds is 6. The number of hydrogen-bond donors (Lipinski definition) is 1. The van der Waals surface area contributed by atoms with E-state index in [-0.39, 0.29) is 12.3 Å². The Balaban J connectivity index is 1.79. The summed E-state index contributed by atoms with van der Waals surface area (Å²) in [4.78, 5) is 23.3. The third-order valence-corrected chi connectivity index (χ3v) is 3.26. The van der Waals surface area contributed by atoms with E-state index >= 15 is 0 Å². The van der Waals surface area contributed by atoms with Gasteiger partial charge in [0.2, 0.25) is 0 Å². The van der Waals surface area contributed by atoms with Crippen LogP contribution in [0.1, 0.15) is 11.1 Å². The molecule has 0 heterocycles. The summed E-state index contributed by atoms with van der Waals surface area (Å²) in [5.41, 5.74) is 1.65. The molecule has 0 aliphatic heterocycles. The maximum Gasteiger partial charge on any atom is 0.344 e. The van der Waals surface area contributed by atoms with Crippen LogP contribution in [-0.2, 0) is 14.3 Å². The highest BCUT2D eigenvalue weighted by atomic mass is 19.1. The standard InChI is InChI=1S/C18H17F2NO4/c1-11-3-4-12(2)16(7-11)24-10-18(23)25-9-17(22)21-15-6-5-13(19)8-14(15)20/h3-8H,9-10H2,1-2H3,(H,21,22). The third kappa shape index (κ3) is 5.56. The van der Waals surface area contributed by atoms with E-state index in [2.05, 4.69) is 5.32 Å². The van der Waals surface area contributed by atoms with Gasteiger partial charge in [-0.25, -0.2) is 13.6 Å². The molecule has 0 aliphatic rings. The van der Waals surface area contributed by atoms with Crippen LogP contribution in [0.4, 0.5) is 14.5 Å². The van der Waals surface area contributed by atoms with Crippen LogP contribution in [0.3, 0.4) is 0 Å². The van der Waals surface area contributed by atoms with E-state index in [0.717, 1.165) is 23.3 Å². The van der Waals surface area contributed by atoms with Crippen LogP contribution in [0.5, 0.6) is 5.75 Å². The van der Waals surface area contributed by atoms with Crippen LogP contribution in [-0.4, -0.2) is 25.1 Å². The molecule has 0 aromatic heterocycles. The maximum absolute atomic E-state index is 13.4. The molecule has 1 amide bonds. The number of carbonyl (C=O) groups excluding carboxylic acids is 2. The maximum atomic E-state index is 13.4. The van der Waals surface area contributed by atoms with Gasteiger partial charge in [0, 0.05) is 6.07 Å². The molecule has 25 heavy (non-hydrogen) atoms. The van der Waals surface area contributed by atoms with Crippen molar-refractivity contribution in [1.29, 1.82) is 0 Å². The molecule has 0 saturated heterocycles. The van der Waals surface area contributed by atoms with Crippen molar-refractivity contribution >= 4 is 17.6 Å². The molecular weight excluding hydrogens is 332 g/mol. The smallest absolute Gasteiger partial charge is 0.344 e. The van der Waals surface area contributed by atoms with Gasteiger partial charge in [-0.05, 0) is 43.2 Å². The van der Waals surface area contributed by atoms with Gasteiger partial charge >= 0.3 is 5.97 Å². The predicted molar refractivity (Wildman–Crippen MR) is 87.4 cm³/mol. The van der Waals surface area contributed by atoms with Gasteiger partial charge in [0.05, 0.1) is 5.69 Å². The predicted octanol–water partition coefficient (Wildman–Crippen LogP) is 3.14. The number of hydrogen-bond acceptors (Lipinski definition) is 4. The Bertz CT molecular complexity index is 793. The molecule has 7 heteroatoms. The molecule has 1 N–H and O–H groups in total. The highest BCUT2D eigenvalue weighted by Crippen LogP contribution is 2.19. The fourth-order valence-corrected chi connectivity index (χ4v) is 1.96. The molecule has 2 aromatic rings. The number of ether oxygens (including phenoxy) is 2. The zero-order valence-electron chi connectivity index (χ0n) is 13.8. The van der Waals surface area contributed by atoms with Crippen LogP contribution in [0.2, 0.25) is 0 Å². The first-order valence-corrected chi connectivity index (χ1v) is 7.45. The molecule has 0 unspecified atom stereocenters. The lowest BCUT2D eigenvalue weighted by Crippen LogP contribution is -2.24. The number of benzene rings is 2. The zero-order chi connectivity index (χ0) is 18.4. The fourth-order valence-electron chi connectivity index (χ4n) is 1.96. The highest BCUT2D eigenvalue weighted by Gasteiger charge is 2.12. The highest BCUT2D eigenvalue weighted by molar-refractivity contribution is 5.92. The van der Waals surface area contributed by atoms with E-state index in [1.165, 1.54) is 0 Å². The number of aryl methyl sites for hydroxylation is 2. The van der Waals surface area contributed by atoms with Crippen molar-refractivity contribution in [2.75, 3.05) is 18.5 Å². The molecule has 0 bridgehead atoms. The lowest BCUT2D eigenvalue weighted by Gasteiger charge is -2.10. The summed E-state index contributed by atoms with van der Waals surface area (Å²) in [5, 5.41) is 2.18. The van der Waals surface area contributed by atoms with E-state index in [4.69, 9.17) is 9.47 Å². The van der Waals surface area contributed by atoms with Gasteiger partial charge in [-0.15, -0.1) is 0 Å². The molecule has 0 spiro atoms. The number of carbonyl (C=O) groups is 2. The van der Waals surface area contributed by atoms with Gasteiger partial charge in [0.15, 0.2) is 13.2 Å². The number of halogens is 2. The second-order valence-electron chi connectivity index (χ2n) is 5.39. The lowest BCUT2D eigenvalue weighted by molar-refractivity contribution is -0.149.